The molecule has 0 saturated carbocycles. The highest BCUT2D eigenvalue weighted by molar-refractivity contribution is 5.89. The summed E-state index contributed by atoms with van der Waals surface area (Å²) in [6, 6.07) is 3.59. The third kappa shape index (κ3) is 4.67. The number of carbonyl (C=O) groups excluding carboxylic acids is 1. The molecule has 0 radical (unpaired) electrons. The minimum Gasteiger partial charge on any atom is -0.459 e. The summed E-state index contributed by atoms with van der Waals surface area (Å²) in [6.07, 6.45) is 4.24. The van der Waals surface area contributed by atoms with Gasteiger partial charge in [0, 0.05) is 24.0 Å². The molecule has 1 aliphatic rings. The van der Waals surface area contributed by atoms with Gasteiger partial charge in [0.2, 0.25) is 5.95 Å². The van der Waals surface area contributed by atoms with Gasteiger partial charge in [0.25, 0.3) is 0 Å². The lowest BCUT2D eigenvalue weighted by Gasteiger charge is -2.29. The molecule has 170 valence electrons. The van der Waals surface area contributed by atoms with E-state index in [9.17, 15) is 14.3 Å². The molecule has 3 heterocycles. The number of nitrogens with one attached hydrogen (secondary N) is 2. The average Bonchev–Trinajstić information content (AvgIpc) is 3.08. The van der Waals surface area contributed by atoms with E-state index >= 15 is 0 Å². The molecule has 1 unspecified atom stereocenters. The molecule has 1 saturated heterocycles. The SMILES string of the molecule is Cc1c(C(NC(=O)Nc2cnc(N3CCC(O)CC3)nc2)C(C)C)oc2ccc(F)cc12. The van der Waals surface area contributed by atoms with Gasteiger partial charge in [-0.1, -0.05) is 13.8 Å². The van der Waals surface area contributed by atoms with E-state index < -0.39 is 12.1 Å². The first-order valence-corrected chi connectivity index (χ1v) is 10.8. The number of aliphatic hydroxyl groups excluding tert-OH is 1. The Morgan fingerprint density at radius 1 is 1.25 bits per heavy atom. The van der Waals surface area contributed by atoms with Crippen LogP contribution in [0.2, 0.25) is 0 Å². The first-order valence-electron chi connectivity index (χ1n) is 10.8. The molecule has 1 fully saturated rings. The summed E-state index contributed by atoms with van der Waals surface area (Å²) < 4.78 is 19.6. The fourth-order valence-corrected chi connectivity index (χ4v) is 3.97. The zero-order valence-corrected chi connectivity index (χ0v) is 18.4. The Morgan fingerprint density at radius 2 is 1.94 bits per heavy atom. The van der Waals surface area contributed by atoms with Gasteiger partial charge >= 0.3 is 6.03 Å². The Hall–Kier alpha value is -3.20. The molecule has 2 amide bonds. The smallest absolute Gasteiger partial charge is 0.319 e. The second-order valence-corrected chi connectivity index (χ2v) is 8.54. The van der Waals surface area contributed by atoms with Crippen molar-refractivity contribution >= 4 is 28.6 Å². The number of furan rings is 1. The van der Waals surface area contributed by atoms with Crippen LogP contribution in [0.3, 0.4) is 0 Å². The van der Waals surface area contributed by atoms with Crippen LogP contribution < -0.4 is 15.5 Å². The Bertz CT molecular complexity index is 1090. The number of rotatable bonds is 5. The highest BCUT2D eigenvalue weighted by atomic mass is 19.1. The van der Waals surface area contributed by atoms with Crippen LogP contribution in [-0.4, -0.2) is 40.3 Å². The number of aryl methyl sites for hydroxylation is 1. The Balaban J connectivity index is 1.44. The van der Waals surface area contributed by atoms with Gasteiger partial charge in [-0.05, 0) is 43.9 Å². The Morgan fingerprint density at radius 3 is 2.59 bits per heavy atom. The van der Waals surface area contributed by atoms with Crippen LogP contribution in [0, 0.1) is 18.7 Å². The number of urea groups is 1. The molecule has 8 nitrogen and oxygen atoms in total. The number of hydrogen-bond acceptors (Lipinski definition) is 6. The summed E-state index contributed by atoms with van der Waals surface area (Å²) in [5, 5.41) is 16.0. The van der Waals surface area contributed by atoms with Gasteiger partial charge in [-0.15, -0.1) is 0 Å². The van der Waals surface area contributed by atoms with E-state index in [1.165, 1.54) is 12.1 Å². The van der Waals surface area contributed by atoms with E-state index in [2.05, 4.69) is 20.6 Å². The van der Waals surface area contributed by atoms with Crippen LogP contribution in [0.1, 0.15) is 44.1 Å². The number of fused-ring (bicyclic) bond motifs is 1. The Labute approximate surface area is 185 Å². The first-order chi connectivity index (χ1) is 15.3. The van der Waals surface area contributed by atoms with Gasteiger partial charge in [-0.3, -0.25) is 0 Å². The van der Waals surface area contributed by atoms with Gasteiger partial charge < -0.3 is 25.1 Å². The first kappa shape index (κ1) is 22.0. The predicted molar refractivity (Wildman–Crippen MR) is 120 cm³/mol. The van der Waals surface area contributed by atoms with Crippen molar-refractivity contribution in [2.75, 3.05) is 23.3 Å². The number of benzene rings is 1. The lowest BCUT2D eigenvalue weighted by Crippen LogP contribution is -2.37. The van der Waals surface area contributed by atoms with E-state index in [0.717, 1.165) is 5.56 Å². The fourth-order valence-electron chi connectivity index (χ4n) is 3.97. The number of aliphatic hydroxyl groups is 1. The van der Waals surface area contributed by atoms with E-state index in [4.69, 9.17) is 4.42 Å². The van der Waals surface area contributed by atoms with Crippen LogP contribution in [0.4, 0.5) is 20.8 Å². The molecule has 32 heavy (non-hydrogen) atoms. The average molecular weight is 442 g/mol. The minimum atomic E-state index is -0.410. The maximum absolute atomic E-state index is 13.7. The topological polar surface area (TPSA) is 104 Å². The highest BCUT2D eigenvalue weighted by Gasteiger charge is 2.26. The molecule has 2 aromatic heterocycles. The number of nitrogens with zero attached hydrogens (tertiary/aromatic N) is 3. The summed E-state index contributed by atoms with van der Waals surface area (Å²) >= 11 is 0. The van der Waals surface area contributed by atoms with Crippen molar-refractivity contribution in [1.82, 2.24) is 15.3 Å². The standard InChI is InChI=1S/C23H28FN5O3/c1-13(2)20(21-14(3)18-10-15(24)4-5-19(18)32-21)28-23(31)27-16-11-25-22(26-12-16)29-8-6-17(30)7-9-29/h4-5,10-13,17,20,30H,6-9H2,1-3H3,(H2,27,28,31). The van der Waals surface area contributed by atoms with Crippen molar-refractivity contribution in [2.45, 2.75) is 45.8 Å². The highest BCUT2D eigenvalue weighted by Crippen LogP contribution is 2.33. The quantitative estimate of drug-likeness (QED) is 0.550. The predicted octanol–water partition coefficient (Wildman–Crippen LogP) is 4.15. The van der Waals surface area contributed by atoms with Crippen LogP contribution in [0.5, 0.6) is 0 Å². The maximum atomic E-state index is 13.7. The summed E-state index contributed by atoms with van der Waals surface area (Å²) in [7, 11) is 0. The van der Waals surface area contributed by atoms with Crippen molar-refractivity contribution in [1.29, 1.82) is 0 Å². The number of aromatic nitrogens is 2. The molecule has 1 aliphatic heterocycles. The zero-order valence-electron chi connectivity index (χ0n) is 18.4. The van der Waals surface area contributed by atoms with Crippen LogP contribution in [0.15, 0.2) is 35.0 Å². The minimum absolute atomic E-state index is 0.0398. The van der Waals surface area contributed by atoms with E-state index in [-0.39, 0.29) is 17.8 Å². The van der Waals surface area contributed by atoms with Crippen molar-refractivity contribution in [2.24, 2.45) is 5.92 Å². The molecule has 1 aromatic carbocycles. The summed E-state index contributed by atoms with van der Waals surface area (Å²) in [5.74, 6) is 0.893. The summed E-state index contributed by atoms with van der Waals surface area (Å²) in [4.78, 5) is 23.4. The Kier molecular flexibility index (Phi) is 6.27. The van der Waals surface area contributed by atoms with Crippen molar-refractivity contribution in [3.05, 3.63) is 47.7 Å². The van der Waals surface area contributed by atoms with Gasteiger partial charge in [-0.25, -0.2) is 19.2 Å². The maximum Gasteiger partial charge on any atom is 0.319 e. The molecule has 3 aromatic rings. The lowest BCUT2D eigenvalue weighted by atomic mass is 9.98. The molecule has 0 spiro atoms. The largest absolute Gasteiger partial charge is 0.459 e. The molecule has 0 bridgehead atoms. The van der Waals surface area contributed by atoms with Crippen LogP contribution >= 0.6 is 0 Å². The molecule has 1 atom stereocenters. The monoisotopic (exact) mass is 441 g/mol. The molecular formula is C23H28FN5O3. The number of amides is 2. The van der Waals surface area contributed by atoms with E-state index in [1.54, 1.807) is 18.5 Å². The molecule has 4 rings (SSSR count). The third-order valence-corrected chi connectivity index (χ3v) is 5.81. The van der Waals surface area contributed by atoms with Crippen molar-refractivity contribution in [3.63, 3.8) is 0 Å². The molecule has 3 N–H and O–H groups in total. The van der Waals surface area contributed by atoms with Gasteiger partial charge in [0.05, 0.1) is 30.2 Å². The molecule has 0 aliphatic carbocycles. The van der Waals surface area contributed by atoms with Gasteiger partial charge in [0.15, 0.2) is 0 Å². The lowest BCUT2D eigenvalue weighted by molar-refractivity contribution is 0.145. The van der Waals surface area contributed by atoms with Gasteiger partial charge in [-0.2, -0.15) is 0 Å². The van der Waals surface area contributed by atoms with E-state index in [0.29, 0.717) is 54.3 Å². The normalized spacial score (nSPS) is 15.9. The summed E-state index contributed by atoms with van der Waals surface area (Å²) in [5.41, 5.74) is 1.85. The third-order valence-electron chi connectivity index (χ3n) is 5.81. The summed E-state index contributed by atoms with van der Waals surface area (Å²) in [6.45, 7) is 7.22. The zero-order chi connectivity index (χ0) is 22.8. The van der Waals surface area contributed by atoms with Crippen LogP contribution in [0.25, 0.3) is 11.0 Å². The van der Waals surface area contributed by atoms with Crippen molar-refractivity contribution < 1.29 is 18.7 Å². The molecular weight excluding hydrogens is 413 g/mol. The number of piperidine rings is 1. The second-order valence-electron chi connectivity index (χ2n) is 8.54. The van der Waals surface area contributed by atoms with Crippen molar-refractivity contribution in [3.8, 4) is 0 Å². The fraction of sp³-hybridized carbons (Fsp3) is 0.435. The van der Waals surface area contributed by atoms with E-state index in [1.807, 2.05) is 25.7 Å². The van der Waals surface area contributed by atoms with Gasteiger partial charge in [0.1, 0.15) is 17.2 Å². The number of carbonyl (C=O) groups is 1. The molecule has 9 heteroatoms. The van der Waals surface area contributed by atoms with Crippen LogP contribution in [-0.2, 0) is 0 Å². The number of hydrogen-bond donors (Lipinski definition) is 3. The number of halogens is 1. The second kappa shape index (κ2) is 9.12. The number of anilines is 2.